The molecule has 1 aromatic rings. The molecule has 27 heavy (non-hydrogen) atoms. The van der Waals surface area contributed by atoms with Gasteiger partial charge in [-0.3, -0.25) is 14.5 Å². The fourth-order valence-corrected chi connectivity index (χ4v) is 3.48. The van der Waals surface area contributed by atoms with Crippen molar-refractivity contribution in [3.05, 3.63) is 35.6 Å². The lowest BCUT2D eigenvalue weighted by Gasteiger charge is -2.38. The van der Waals surface area contributed by atoms with Gasteiger partial charge >= 0.3 is 0 Å². The summed E-state index contributed by atoms with van der Waals surface area (Å²) in [7, 11) is 0. The van der Waals surface area contributed by atoms with Gasteiger partial charge in [0.2, 0.25) is 5.91 Å². The predicted molar refractivity (Wildman–Crippen MR) is 102 cm³/mol. The van der Waals surface area contributed by atoms with Crippen LogP contribution in [-0.2, 0) is 9.53 Å². The Kier molecular flexibility index (Phi) is 8.67. The van der Waals surface area contributed by atoms with Crippen LogP contribution in [0.25, 0.3) is 0 Å². The largest absolute Gasteiger partial charge is 0.379 e. The molecule has 7 heteroatoms. The first kappa shape index (κ1) is 21.3. The van der Waals surface area contributed by atoms with Crippen molar-refractivity contribution in [1.29, 1.82) is 0 Å². The van der Waals surface area contributed by atoms with Gasteiger partial charge in [0.25, 0.3) is 5.91 Å². The Labute approximate surface area is 160 Å². The standard InChI is InChI=1S/C20H30FN3O3/c1-3-15(4-2)18(24-9-11-27-12-10-24)13-22-19(25)14-23-20(26)16-5-7-17(21)8-6-16/h5-8,15,18H,3-4,9-14H2,1-2H3,(H,22,25)(H,23,26). The summed E-state index contributed by atoms with van der Waals surface area (Å²) in [6, 6.07) is 5.49. The number of morpholine rings is 1. The molecule has 0 bridgehead atoms. The van der Waals surface area contributed by atoms with Crippen LogP contribution in [0.2, 0.25) is 0 Å². The average molecular weight is 379 g/mol. The molecule has 2 amide bonds. The number of hydrogen-bond donors (Lipinski definition) is 2. The molecule has 1 aliphatic heterocycles. The van der Waals surface area contributed by atoms with Crippen LogP contribution in [-0.4, -0.2) is 62.1 Å². The minimum absolute atomic E-state index is 0.102. The maximum Gasteiger partial charge on any atom is 0.251 e. The van der Waals surface area contributed by atoms with Crippen molar-refractivity contribution in [2.24, 2.45) is 5.92 Å². The molecular formula is C20H30FN3O3. The Morgan fingerprint density at radius 3 is 2.33 bits per heavy atom. The minimum Gasteiger partial charge on any atom is -0.379 e. The monoisotopic (exact) mass is 379 g/mol. The molecule has 2 N–H and O–H groups in total. The number of carbonyl (C=O) groups is 2. The van der Waals surface area contributed by atoms with Gasteiger partial charge < -0.3 is 15.4 Å². The predicted octanol–water partition coefficient (Wildman–Crippen LogP) is 1.81. The van der Waals surface area contributed by atoms with E-state index in [-0.39, 0.29) is 18.5 Å². The van der Waals surface area contributed by atoms with Gasteiger partial charge in [0, 0.05) is 31.2 Å². The molecule has 1 unspecified atom stereocenters. The third-order valence-corrected chi connectivity index (χ3v) is 5.13. The van der Waals surface area contributed by atoms with Crippen molar-refractivity contribution in [1.82, 2.24) is 15.5 Å². The summed E-state index contributed by atoms with van der Waals surface area (Å²) in [5.41, 5.74) is 0.326. The van der Waals surface area contributed by atoms with Crippen LogP contribution in [0.1, 0.15) is 37.0 Å². The molecular weight excluding hydrogens is 349 g/mol. The van der Waals surface area contributed by atoms with Crippen molar-refractivity contribution >= 4 is 11.8 Å². The van der Waals surface area contributed by atoms with E-state index in [0.717, 1.165) is 39.1 Å². The van der Waals surface area contributed by atoms with E-state index in [1.807, 2.05) is 0 Å². The van der Waals surface area contributed by atoms with Gasteiger partial charge in [0.1, 0.15) is 5.82 Å². The Balaban J connectivity index is 1.83. The molecule has 0 aliphatic carbocycles. The van der Waals surface area contributed by atoms with Gasteiger partial charge in [0.15, 0.2) is 0 Å². The topological polar surface area (TPSA) is 70.7 Å². The van der Waals surface area contributed by atoms with E-state index in [0.29, 0.717) is 18.0 Å². The zero-order chi connectivity index (χ0) is 19.6. The third kappa shape index (κ3) is 6.59. The number of nitrogens with one attached hydrogen (secondary N) is 2. The Bertz CT molecular complexity index is 599. The number of amides is 2. The molecule has 0 spiro atoms. The van der Waals surface area contributed by atoms with Gasteiger partial charge in [-0.05, 0) is 30.2 Å². The smallest absolute Gasteiger partial charge is 0.251 e. The van der Waals surface area contributed by atoms with Crippen LogP contribution in [0, 0.1) is 11.7 Å². The minimum atomic E-state index is -0.403. The number of ether oxygens (including phenoxy) is 1. The van der Waals surface area contributed by atoms with Gasteiger partial charge in [-0.2, -0.15) is 0 Å². The van der Waals surface area contributed by atoms with Crippen molar-refractivity contribution in [3.8, 4) is 0 Å². The lowest BCUT2D eigenvalue weighted by molar-refractivity contribution is -0.120. The fourth-order valence-electron chi connectivity index (χ4n) is 3.48. The van der Waals surface area contributed by atoms with E-state index < -0.39 is 11.7 Å². The second kappa shape index (κ2) is 11.0. The molecule has 1 saturated heterocycles. The molecule has 6 nitrogen and oxygen atoms in total. The van der Waals surface area contributed by atoms with Crippen LogP contribution >= 0.6 is 0 Å². The zero-order valence-electron chi connectivity index (χ0n) is 16.2. The van der Waals surface area contributed by atoms with Crippen LogP contribution in [0.4, 0.5) is 4.39 Å². The Hall–Kier alpha value is -1.99. The number of carbonyl (C=O) groups excluding carboxylic acids is 2. The van der Waals surface area contributed by atoms with E-state index in [1.165, 1.54) is 24.3 Å². The summed E-state index contributed by atoms with van der Waals surface area (Å²) < 4.78 is 18.3. The SMILES string of the molecule is CCC(CC)C(CNC(=O)CNC(=O)c1ccc(F)cc1)N1CCOCC1. The van der Waals surface area contributed by atoms with Gasteiger partial charge in [-0.1, -0.05) is 26.7 Å². The van der Waals surface area contributed by atoms with Crippen molar-refractivity contribution in [2.45, 2.75) is 32.7 Å². The molecule has 1 atom stereocenters. The summed E-state index contributed by atoms with van der Waals surface area (Å²) in [6.45, 7) is 7.98. The van der Waals surface area contributed by atoms with Crippen LogP contribution in [0.5, 0.6) is 0 Å². The average Bonchev–Trinajstić information content (AvgIpc) is 2.70. The van der Waals surface area contributed by atoms with Gasteiger partial charge in [0.05, 0.1) is 19.8 Å². The van der Waals surface area contributed by atoms with Gasteiger partial charge in [-0.15, -0.1) is 0 Å². The molecule has 1 heterocycles. The molecule has 0 saturated carbocycles. The molecule has 2 rings (SSSR count). The van der Waals surface area contributed by atoms with Crippen molar-refractivity contribution in [2.75, 3.05) is 39.4 Å². The number of nitrogens with zero attached hydrogens (tertiary/aromatic N) is 1. The van der Waals surface area contributed by atoms with Crippen molar-refractivity contribution < 1.29 is 18.7 Å². The highest BCUT2D eigenvalue weighted by Gasteiger charge is 2.27. The Morgan fingerprint density at radius 2 is 1.74 bits per heavy atom. The highest BCUT2D eigenvalue weighted by Crippen LogP contribution is 2.19. The van der Waals surface area contributed by atoms with E-state index in [4.69, 9.17) is 4.74 Å². The summed E-state index contributed by atoms with van der Waals surface area (Å²) in [5.74, 6) is -0.526. The fraction of sp³-hybridized carbons (Fsp3) is 0.600. The number of hydrogen-bond acceptors (Lipinski definition) is 4. The van der Waals surface area contributed by atoms with Crippen molar-refractivity contribution in [3.63, 3.8) is 0 Å². The summed E-state index contributed by atoms with van der Waals surface area (Å²) in [6.07, 6.45) is 2.10. The highest BCUT2D eigenvalue weighted by atomic mass is 19.1. The maximum atomic E-state index is 12.9. The quantitative estimate of drug-likeness (QED) is 0.687. The third-order valence-electron chi connectivity index (χ3n) is 5.13. The molecule has 1 fully saturated rings. The Morgan fingerprint density at radius 1 is 1.11 bits per heavy atom. The second-order valence-corrected chi connectivity index (χ2v) is 6.79. The summed E-state index contributed by atoms with van der Waals surface area (Å²) >= 11 is 0. The number of rotatable bonds is 9. The highest BCUT2D eigenvalue weighted by molar-refractivity contribution is 5.96. The number of benzene rings is 1. The first-order valence-corrected chi connectivity index (χ1v) is 9.67. The summed E-state index contributed by atoms with van der Waals surface area (Å²) in [4.78, 5) is 26.6. The summed E-state index contributed by atoms with van der Waals surface area (Å²) in [5, 5.41) is 5.52. The maximum absolute atomic E-state index is 12.9. The zero-order valence-corrected chi connectivity index (χ0v) is 16.2. The molecule has 0 radical (unpaired) electrons. The van der Waals surface area contributed by atoms with Crippen LogP contribution < -0.4 is 10.6 Å². The van der Waals surface area contributed by atoms with E-state index in [9.17, 15) is 14.0 Å². The number of halogens is 1. The normalized spacial score (nSPS) is 16.1. The molecule has 1 aromatic carbocycles. The van der Waals surface area contributed by atoms with Crippen LogP contribution in [0.3, 0.4) is 0 Å². The molecule has 150 valence electrons. The van der Waals surface area contributed by atoms with E-state index >= 15 is 0 Å². The van der Waals surface area contributed by atoms with Gasteiger partial charge in [-0.25, -0.2) is 4.39 Å². The van der Waals surface area contributed by atoms with Crippen LogP contribution in [0.15, 0.2) is 24.3 Å². The lowest BCUT2D eigenvalue weighted by Crippen LogP contribution is -2.52. The first-order valence-electron chi connectivity index (χ1n) is 9.67. The molecule has 1 aliphatic rings. The molecule has 0 aromatic heterocycles. The second-order valence-electron chi connectivity index (χ2n) is 6.79. The van der Waals surface area contributed by atoms with E-state index in [2.05, 4.69) is 29.4 Å². The lowest BCUT2D eigenvalue weighted by atomic mass is 9.92. The van der Waals surface area contributed by atoms with E-state index in [1.54, 1.807) is 0 Å². The first-order chi connectivity index (χ1) is 13.0.